The van der Waals surface area contributed by atoms with Gasteiger partial charge >= 0.3 is 18.0 Å². The van der Waals surface area contributed by atoms with Crippen molar-refractivity contribution in [3.05, 3.63) is 77.9 Å². The third-order valence-corrected chi connectivity index (χ3v) is 4.61. The summed E-state index contributed by atoms with van der Waals surface area (Å²) in [6, 6.07) is 8.34. The van der Waals surface area contributed by atoms with Gasteiger partial charge in [0.2, 0.25) is 0 Å². The van der Waals surface area contributed by atoms with Crippen molar-refractivity contribution in [2.45, 2.75) is 13.0 Å². The molecule has 1 atom stereocenters. The Morgan fingerprint density at radius 2 is 1.97 bits per heavy atom. The number of carbonyl (C=O) groups excluding carboxylic acids is 3. The number of nitrogens with one attached hydrogen (secondary N) is 2. The molecule has 164 valence electrons. The number of hydrogen-bond donors (Lipinski definition) is 2. The summed E-state index contributed by atoms with van der Waals surface area (Å²) in [5.41, 5.74) is 1.21. The number of urea groups is 1. The monoisotopic (exact) mass is 437 g/mol. The van der Waals surface area contributed by atoms with Crippen LogP contribution in [-0.2, 0) is 14.3 Å². The lowest BCUT2D eigenvalue weighted by molar-refractivity contribution is -0.139. The molecular formula is C21H19N5O6. The van der Waals surface area contributed by atoms with Crippen molar-refractivity contribution >= 4 is 18.0 Å². The lowest BCUT2D eigenvalue weighted by Gasteiger charge is -2.27. The van der Waals surface area contributed by atoms with E-state index < -0.39 is 24.0 Å². The molecule has 32 heavy (non-hydrogen) atoms. The molecule has 0 unspecified atom stereocenters. The smallest absolute Gasteiger partial charge is 0.338 e. The summed E-state index contributed by atoms with van der Waals surface area (Å²) >= 11 is 0. The first-order valence-corrected chi connectivity index (χ1v) is 9.70. The van der Waals surface area contributed by atoms with Crippen molar-refractivity contribution in [1.29, 1.82) is 0 Å². The highest BCUT2D eigenvalue weighted by Gasteiger charge is 2.35. The molecule has 11 heteroatoms. The second-order valence-electron chi connectivity index (χ2n) is 6.62. The van der Waals surface area contributed by atoms with Crippen molar-refractivity contribution in [1.82, 2.24) is 25.4 Å². The molecule has 4 rings (SSSR count). The molecule has 2 N–H and O–H groups in total. The van der Waals surface area contributed by atoms with E-state index in [1.807, 2.05) is 0 Å². The number of furan rings is 1. The molecule has 2 amide bonds. The van der Waals surface area contributed by atoms with E-state index in [-0.39, 0.29) is 30.0 Å². The molecule has 0 spiro atoms. The lowest BCUT2D eigenvalue weighted by atomic mass is 10.0. The van der Waals surface area contributed by atoms with Gasteiger partial charge in [0.25, 0.3) is 0 Å². The number of hydrogen-bond acceptors (Lipinski definition) is 8. The molecule has 1 aromatic carbocycles. The van der Waals surface area contributed by atoms with Crippen LogP contribution in [0.1, 0.15) is 29.1 Å². The highest BCUT2D eigenvalue weighted by Crippen LogP contribution is 2.28. The number of carbonyl (C=O) groups is 3. The second kappa shape index (κ2) is 9.16. The fourth-order valence-electron chi connectivity index (χ4n) is 3.16. The van der Waals surface area contributed by atoms with Gasteiger partial charge in [0, 0.05) is 0 Å². The van der Waals surface area contributed by atoms with Gasteiger partial charge in [-0.25, -0.2) is 24.0 Å². The summed E-state index contributed by atoms with van der Waals surface area (Å²) < 4.78 is 17.4. The van der Waals surface area contributed by atoms with Gasteiger partial charge in [0.15, 0.2) is 0 Å². The molecule has 1 aliphatic heterocycles. The summed E-state index contributed by atoms with van der Waals surface area (Å²) in [4.78, 5) is 41.2. The Hall–Kier alpha value is -4.41. The van der Waals surface area contributed by atoms with Crippen molar-refractivity contribution in [3.63, 3.8) is 0 Å². The van der Waals surface area contributed by atoms with Crippen LogP contribution < -0.4 is 10.6 Å². The third-order valence-electron chi connectivity index (χ3n) is 4.61. The van der Waals surface area contributed by atoms with Crippen LogP contribution in [-0.4, -0.2) is 45.9 Å². The lowest BCUT2D eigenvalue weighted by Crippen LogP contribution is -2.47. The van der Waals surface area contributed by atoms with Crippen LogP contribution in [0.3, 0.4) is 0 Å². The van der Waals surface area contributed by atoms with Crippen LogP contribution in [0.2, 0.25) is 0 Å². The van der Waals surface area contributed by atoms with Gasteiger partial charge in [-0.15, -0.1) is 0 Å². The number of benzene rings is 1. The topological polar surface area (TPSA) is 138 Å². The van der Waals surface area contributed by atoms with E-state index in [1.54, 1.807) is 48.0 Å². The number of aromatic nitrogens is 3. The highest BCUT2D eigenvalue weighted by atomic mass is 16.5. The number of rotatable bonds is 7. The van der Waals surface area contributed by atoms with Gasteiger partial charge in [-0.1, -0.05) is 0 Å². The average molecular weight is 437 g/mol. The van der Waals surface area contributed by atoms with Gasteiger partial charge in [0.1, 0.15) is 31.1 Å². The van der Waals surface area contributed by atoms with Gasteiger partial charge in [0.05, 0.1) is 35.4 Å². The number of esters is 2. The SMILES string of the molecule is CCOC(=O)C1=C(COC(=O)c2ccc(-n3cncn3)cc2)NC(=O)N[C@H]1c1ccco1. The first-order chi connectivity index (χ1) is 15.6. The molecular weight excluding hydrogens is 418 g/mol. The molecule has 0 aliphatic carbocycles. The molecule has 1 aliphatic rings. The quantitative estimate of drug-likeness (QED) is 0.535. The minimum absolute atomic E-state index is 0.0933. The molecule has 2 aromatic heterocycles. The number of amides is 2. The standard InChI is InChI=1S/C21H19N5O6/c1-2-30-20(28)17-15(24-21(29)25-18(17)16-4-3-9-31-16)10-32-19(27)13-5-7-14(8-6-13)26-12-22-11-23-26/h3-9,11-12,18H,2,10H2,1H3,(H2,24,25,29)/t18-/m0/s1. The van der Waals surface area contributed by atoms with Gasteiger partial charge in [-0.2, -0.15) is 5.10 Å². The summed E-state index contributed by atoms with van der Waals surface area (Å²) in [6.07, 6.45) is 4.36. The highest BCUT2D eigenvalue weighted by molar-refractivity contribution is 5.95. The maximum absolute atomic E-state index is 12.6. The fraction of sp³-hybridized carbons (Fsp3) is 0.190. The maximum Gasteiger partial charge on any atom is 0.338 e. The normalized spacial score (nSPS) is 15.7. The summed E-state index contributed by atoms with van der Waals surface area (Å²) in [6.45, 7) is 1.45. The Morgan fingerprint density at radius 1 is 1.16 bits per heavy atom. The van der Waals surface area contributed by atoms with Crippen molar-refractivity contribution < 1.29 is 28.3 Å². The summed E-state index contributed by atoms with van der Waals surface area (Å²) in [7, 11) is 0. The Bertz CT molecular complexity index is 1140. The fourth-order valence-corrected chi connectivity index (χ4v) is 3.16. The van der Waals surface area contributed by atoms with Crippen LogP contribution >= 0.6 is 0 Å². The van der Waals surface area contributed by atoms with E-state index in [4.69, 9.17) is 13.9 Å². The molecule has 0 fully saturated rings. The van der Waals surface area contributed by atoms with E-state index in [1.165, 1.54) is 18.9 Å². The molecule has 0 radical (unpaired) electrons. The molecule has 3 heterocycles. The number of nitrogens with zero attached hydrogens (tertiary/aromatic N) is 3. The minimum Gasteiger partial charge on any atom is -0.467 e. The predicted molar refractivity (Wildman–Crippen MR) is 108 cm³/mol. The molecule has 0 saturated carbocycles. The summed E-state index contributed by atoms with van der Waals surface area (Å²) in [5.74, 6) is -0.951. The molecule has 3 aromatic rings. The first kappa shape index (κ1) is 20.8. The van der Waals surface area contributed by atoms with E-state index in [0.29, 0.717) is 5.76 Å². The zero-order valence-corrected chi connectivity index (χ0v) is 17.0. The van der Waals surface area contributed by atoms with Crippen molar-refractivity contribution in [2.75, 3.05) is 13.2 Å². The Kier molecular flexibility index (Phi) is 5.97. The van der Waals surface area contributed by atoms with Gasteiger partial charge in [-0.05, 0) is 43.3 Å². The average Bonchev–Trinajstić information content (AvgIpc) is 3.52. The van der Waals surface area contributed by atoms with Crippen molar-refractivity contribution in [3.8, 4) is 5.69 Å². The maximum atomic E-state index is 12.6. The molecule has 0 saturated heterocycles. The van der Waals surface area contributed by atoms with Crippen LogP contribution in [0.4, 0.5) is 4.79 Å². The Morgan fingerprint density at radius 3 is 2.62 bits per heavy atom. The Balaban J connectivity index is 1.54. The first-order valence-electron chi connectivity index (χ1n) is 9.70. The third kappa shape index (κ3) is 4.36. The van der Waals surface area contributed by atoms with E-state index >= 15 is 0 Å². The van der Waals surface area contributed by atoms with Crippen LogP contribution in [0.25, 0.3) is 5.69 Å². The van der Waals surface area contributed by atoms with Crippen molar-refractivity contribution in [2.24, 2.45) is 0 Å². The van der Waals surface area contributed by atoms with E-state index in [0.717, 1.165) is 5.69 Å². The zero-order valence-electron chi connectivity index (χ0n) is 17.0. The number of ether oxygens (including phenoxy) is 2. The van der Waals surface area contributed by atoms with Crippen LogP contribution in [0.15, 0.2) is 71.0 Å². The van der Waals surface area contributed by atoms with Crippen LogP contribution in [0.5, 0.6) is 0 Å². The molecule has 11 nitrogen and oxygen atoms in total. The largest absolute Gasteiger partial charge is 0.467 e. The van der Waals surface area contributed by atoms with E-state index in [9.17, 15) is 14.4 Å². The second-order valence-corrected chi connectivity index (χ2v) is 6.62. The summed E-state index contributed by atoms with van der Waals surface area (Å²) in [5, 5.41) is 9.16. The van der Waals surface area contributed by atoms with Gasteiger partial charge < -0.3 is 24.5 Å². The minimum atomic E-state index is -0.881. The van der Waals surface area contributed by atoms with E-state index in [2.05, 4.69) is 20.7 Å². The predicted octanol–water partition coefficient (Wildman–Crippen LogP) is 1.89. The zero-order chi connectivity index (χ0) is 22.5. The van der Waals surface area contributed by atoms with Gasteiger partial charge in [-0.3, -0.25) is 0 Å². The Labute approximate surface area is 182 Å². The van der Waals surface area contributed by atoms with Crippen LogP contribution in [0, 0.1) is 0 Å². The molecule has 0 bridgehead atoms.